The van der Waals surface area contributed by atoms with E-state index in [1.54, 1.807) is 0 Å². The van der Waals surface area contributed by atoms with Gasteiger partial charge >= 0.3 is 0 Å². The van der Waals surface area contributed by atoms with Crippen molar-refractivity contribution in [1.82, 2.24) is 0 Å². The number of benzene rings is 2. The van der Waals surface area contributed by atoms with Crippen LogP contribution < -0.4 is 0 Å². The normalized spacial score (nSPS) is 11.6. The summed E-state index contributed by atoms with van der Waals surface area (Å²) in [4.78, 5) is 4.07. The fraction of sp³-hybridized carbons (Fsp3) is 0.222. The molecule has 0 amide bonds. The molecular weight excluding hydrogens is 280 g/mol. The highest BCUT2D eigenvalue weighted by Crippen LogP contribution is 2.33. The molecule has 0 aromatic heterocycles. The zero-order chi connectivity index (χ0) is 14.0. The van der Waals surface area contributed by atoms with Crippen molar-refractivity contribution in [3.05, 3.63) is 71.0 Å². The molecule has 2 heteroatoms. The Morgan fingerprint density at radius 3 is 2.10 bits per heavy atom. The second-order valence-corrected chi connectivity index (χ2v) is 6.68. The third-order valence-electron chi connectivity index (χ3n) is 2.84. The Bertz CT molecular complexity index is 518. The quantitative estimate of drug-likeness (QED) is 0.528. The van der Waals surface area contributed by atoms with Gasteiger partial charge in [-0.05, 0) is 47.4 Å². The van der Waals surface area contributed by atoms with Crippen LogP contribution in [0.3, 0.4) is 0 Å². The third-order valence-corrected chi connectivity index (χ3v) is 5.03. The molecule has 0 spiro atoms. The summed E-state index contributed by atoms with van der Waals surface area (Å²) < 4.78 is 0. The standard InChI is InChI=1S/C18H20S2/c1-2-3-10-18(20-17-13-8-5-9-14-17)15-19-16-11-6-4-7-12-16/h4-9,11-15H,2-3,10H2,1H3/b18-15-. The highest BCUT2D eigenvalue weighted by Gasteiger charge is 2.01. The maximum Gasteiger partial charge on any atom is 0.0119 e. The second-order valence-electron chi connectivity index (χ2n) is 4.53. The van der Waals surface area contributed by atoms with E-state index in [1.165, 1.54) is 27.5 Å². The predicted molar refractivity (Wildman–Crippen MR) is 92.2 cm³/mol. The van der Waals surface area contributed by atoms with Crippen LogP contribution in [0.2, 0.25) is 0 Å². The molecule has 0 atom stereocenters. The molecule has 0 fully saturated rings. The lowest BCUT2D eigenvalue weighted by molar-refractivity contribution is 0.809. The van der Waals surface area contributed by atoms with Crippen molar-refractivity contribution in [2.24, 2.45) is 0 Å². The zero-order valence-electron chi connectivity index (χ0n) is 11.8. The summed E-state index contributed by atoms with van der Waals surface area (Å²) in [6, 6.07) is 21.2. The first kappa shape index (κ1) is 15.3. The van der Waals surface area contributed by atoms with E-state index in [9.17, 15) is 0 Å². The van der Waals surface area contributed by atoms with Gasteiger partial charge in [0.1, 0.15) is 0 Å². The maximum absolute atomic E-state index is 2.31. The molecule has 0 aliphatic carbocycles. The van der Waals surface area contributed by atoms with E-state index >= 15 is 0 Å². The lowest BCUT2D eigenvalue weighted by atomic mass is 10.2. The summed E-state index contributed by atoms with van der Waals surface area (Å²) in [7, 11) is 0. The van der Waals surface area contributed by atoms with Crippen LogP contribution in [0.1, 0.15) is 26.2 Å². The lowest BCUT2D eigenvalue weighted by Gasteiger charge is -2.07. The van der Waals surface area contributed by atoms with E-state index in [-0.39, 0.29) is 0 Å². The molecule has 0 unspecified atom stereocenters. The molecule has 0 aliphatic heterocycles. The first-order valence-corrected chi connectivity index (χ1v) is 8.71. The number of hydrogen-bond acceptors (Lipinski definition) is 2. The molecule has 0 radical (unpaired) electrons. The van der Waals surface area contributed by atoms with Crippen LogP contribution in [-0.4, -0.2) is 0 Å². The van der Waals surface area contributed by atoms with E-state index in [0.717, 1.165) is 6.42 Å². The van der Waals surface area contributed by atoms with Crippen molar-refractivity contribution < 1.29 is 0 Å². The Kier molecular flexibility index (Phi) is 6.82. The highest BCUT2D eigenvalue weighted by molar-refractivity contribution is 8.06. The minimum absolute atomic E-state index is 1.16. The minimum atomic E-state index is 1.16. The van der Waals surface area contributed by atoms with Crippen molar-refractivity contribution in [2.75, 3.05) is 0 Å². The molecule has 0 aliphatic rings. The summed E-state index contributed by atoms with van der Waals surface area (Å²) in [6.07, 6.45) is 3.65. The molecule has 0 N–H and O–H groups in total. The van der Waals surface area contributed by atoms with Gasteiger partial charge in [0, 0.05) is 9.79 Å². The Balaban J connectivity index is 2.02. The van der Waals surface area contributed by atoms with Crippen LogP contribution in [0.15, 0.2) is 80.8 Å². The van der Waals surface area contributed by atoms with E-state index in [4.69, 9.17) is 0 Å². The Labute approximate surface area is 130 Å². The van der Waals surface area contributed by atoms with Crippen LogP contribution in [0, 0.1) is 0 Å². The number of hydrogen-bond donors (Lipinski definition) is 0. The van der Waals surface area contributed by atoms with E-state index < -0.39 is 0 Å². The highest BCUT2D eigenvalue weighted by atomic mass is 32.2. The Morgan fingerprint density at radius 1 is 0.900 bits per heavy atom. The van der Waals surface area contributed by atoms with Gasteiger partial charge in [-0.1, -0.05) is 73.3 Å². The van der Waals surface area contributed by atoms with Crippen LogP contribution in [0.4, 0.5) is 0 Å². The average Bonchev–Trinajstić information content (AvgIpc) is 2.52. The minimum Gasteiger partial charge on any atom is -0.0972 e. The molecular formula is C18H20S2. The van der Waals surface area contributed by atoms with Gasteiger partial charge in [-0.25, -0.2) is 0 Å². The van der Waals surface area contributed by atoms with Crippen molar-refractivity contribution in [3.8, 4) is 0 Å². The molecule has 0 nitrogen and oxygen atoms in total. The summed E-state index contributed by atoms with van der Waals surface area (Å²) in [5.74, 6) is 0. The number of thioether (sulfide) groups is 2. The fourth-order valence-electron chi connectivity index (χ4n) is 1.76. The predicted octanol–water partition coefficient (Wildman–Crippen LogP) is 6.60. The van der Waals surface area contributed by atoms with Crippen molar-refractivity contribution in [1.29, 1.82) is 0 Å². The summed E-state index contributed by atoms with van der Waals surface area (Å²) in [5.41, 5.74) is 0. The molecule has 0 heterocycles. The van der Waals surface area contributed by atoms with E-state index in [0.29, 0.717) is 0 Å². The Morgan fingerprint density at radius 2 is 1.50 bits per heavy atom. The topological polar surface area (TPSA) is 0 Å². The second kappa shape index (κ2) is 8.93. The van der Waals surface area contributed by atoms with Gasteiger partial charge < -0.3 is 0 Å². The maximum atomic E-state index is 2.31. The molecule has 20 heavy (non-hydrogen) atoms. The third kappa shape index (κ3) is 5.48. The molecule has 0 bridgehead atoms. The summed E-state index contributed by atoms with van der Waals surface area (Å²) in [6.45, 7) is 2.25. The van der Waals surface area contributed by atoms with Gasteiger partial charge in [-0.15, -0.1) is 0 Å². The molecule has 0 saturated heterocycles. The van der Waals surface area contributed by atoms with Crippen LogP contribution in [0.25, 0.3) is 0 Å². The average molecular weight is 300 g/mol. The molecule has 2 rings (SSSR count). The van der Waals surface area contributed by atoms with Gasteiger partial charge in [-0.3, -0.25) is 0 Å². The van der Waals surface area contributed by atoms with Crippen LogP contribution in [0.5, 0.6) is 0 Å². The SMILES string of the molecule is CCCC/C(=C/Sc1ccccc1)Sc1ccccc1. The molecule has 104 valence electrons. The lowest BCUT2D eigenvalue weighted by Crippen LogP contribution is -1.79. The smallest absolute Gasteiger partial charge is 0.0119 e. The number of rotatable bonds is 7. The van der Waals surface area contributed by atoms with E-state index in [1.807, 2.05) is 23.5 Å². The first-order chi connectivity index (χ1) is 9.88. The molecule has 0 saturated carbocycles. The van der Waals surface area contributed by atoms with Gasteiger partial charge in [0.15, 0.2) is 0 Å². The van der Waals surface area contributed by atoms with Crippen LogP contribution >= 0.6 is 23.5 Å². The first-order valence-electron chi connectivity index (χ1n) is 7.02. The van der Waals surface area contributed by atoms with Gasteiger partial charge in [-0.2, -0.15) is 0 Å². The van der Waals surface area contributed by atoms with Crippen molar-refractivity contribution in [2.45, 2.75) is 36.0 Å². The van der Waals surface area contributed by atoms with Gasteiger partial charge in [0.25, 0.3) is 0 Å². The molecule has 2 aromatic rings. The van der Waals surface area contributed by atoms with E-state index in [2.05, 4.69) is 73.0 Å². The van der Waals surface area contributed by atoms with Crippen LogP contribution in [-0.2, 0) is 0 Å². The van der Waals surface area contributed by atoms with Crippen molar-refractivity contribution in [3.63, 3.8) is 0 Å². The van der Waals surface area contributed by atoms with Gasteiger partial charge in [0.2, 0.25) is 0 Å². The summed E-state index contributed by atoms with van der Waals surface area (Å²) >= 11 is 3.70. The summed E-state index contributed by atoms with van der Waals surface area (Å²) in [5, 5.41) is 2.31. The Hall–Kier alpha value is -1.12. The van der Waals surface area contributed by atoms with Gasteiger partial charge in [0.05, 0.1) is 0 Å². The van der Waals surface area contributed by atoms with Crippen molar-refractivity contribution >= 4 is 23.5 Å². The largest absolute Gasteiger partial charge is 0.0972 e. The molecule has 2 aromatic carbocycles. The monoisotopic (exact) mass is 300 g/mol. The number of unbranched alkanes of at least 4 members (excludes halogenated alkanes) is 1. The zero-order valence-corrected chi connectivity index (χ0v) is 13.4. The number of allylic oxidation sites excluding steroid dienone is 1. The fourth-order valence-corrected chi connectivity index (χ4v) is 3.64.